The van der Waals surface area contributed by atoms with Crippen LogP contribution in [0.2, 0.25) is 0 Å². The molecule has 0 radical (unpaired) electrons. The summed E-state index contributed by atoms with van der Waals surface area (Å²) >= 11 is 0. The molecule has 0 aliphatic rings. The second-order valence-corrected chi connectivity index (χ2v) is 4.38. The molecule has 1 heterocycles. The summed E-state index contributed by atoms with van der Waals surface area (Å²) in [5.74, 6) is 0.577. The van der Waals surface area contributed by atoms with Crippen LogP contribution in [0.25, 0.3) is 22.6 Å². The van der Waals surface area contributed by atoms with E-state index < -0.39 is 0 Å². The minimum Gasteiger partial charge on any atom is -0.436 e. The van der Waals surface area contributed by atoms with Crippen LogP contribution >= 0.6 is 0 Å². The summed E-state index contributed by atoms with van der Waals surface area (Å²) in [6, 6.07) is 13.3. The van der Waals surface area contributed by atoms with Crippen LogP contribution in [0.4, 0.5) is 0 Å². The van der Waals surface area contributed by atoms with Crippen molar-refractivity contribution in [1.29, 1.82) is 0 Å². The van der Waals surface area contributed by atoms with Gasteiger partial charge in [-0.3, -0.25) is 0 Å². The number of fused-ring (bicyclic) bond motifs is 1. The normalized spacial score (nSPS) is 11.1. The standard InChI is InChI=1S/C15H14N2O2/c16-8-10-1-4-12(5-2-10)15-17-13-7-11(9-18)3-6-14(13)19-15/h1-7,18H,8-9,16H2. The Balaban J connectivity index is 2.04. The number of rotatable bonds is 3. The molecule has 0 saturated carbocycles. The van der Waals surface area contributed by atoms with E-state index in [2.05, 4.69) is 4.98 Å². The summed E-state index contributed by atoms with van der Waals surface area (Å²) in [6.07, 6.45) is 0. The van der Waals surface area contributed by atoms with E-state index in [0.717, 1.165) is 27.8 Å². The van der Waals surface area contributed by atoms with Gasteiger partial charge in [0.1, 0.15) is 5.52 Å². The highest BCUT2D eigenvalue weighted by Crippen LogP contribution is 2.25. The molecule has 3 rings (SSSR count). The first-order valence-electron chi connectivity index (χ1n) is 6.10. The quantitative estimate of drug-likeness (QED) is 0.753. The summed E-state index contributed by atoms with van der Waals surface area (Å²) in [5, 5.41) is 9.11. The second-order valence-electron chi connectivity index (χ2n) is 4.38. The van der Waals surface area contributed by atoms with E-state index in [0.29, 0.717) is 12.4 Å². The Hall–Kier alpha value is -2.17. The molecule has 0 aliphatic carbocycles. The van der Waals surface area contributed by atoms with Gasteiger partial charge in [0.25, 0.3) is 0 Å². The molecule has 1 aromatic heterocycles. The molecule has 3 aromatic rings. The Labute approximate surface area is 110 Å². The van der Waals surface area contributed by atoms with E-state index in [1.54, 1.807) is 0 Å². The Morgan fingerprint density at radius 3 is 2.47 bits per heavy atom. The molecule has 0 spiro atoms. The average Bonchev–Trinajstić information content (AvgIpc) is 2.90. The third-order valence-electron chi connectivity index (χ3n) is 3.07. The lowest BCUT2D eigenvalue weighted by Gasteiger charge is -1.97. The second kappa shape index (κ2) is 4.84. The third kappa shape index (κ3) is 2.23. The van der Waals surface area contributed by atoms with Gasteiger partial charge in [-0.15, -0.1) is 0 Å². The van der Waals surface area contributed by atoms with Gasteiger partial charge in [0.15, 0.2) is 5.58 Å². The molecule has 3 N–H and O–H groups in total. The molecular formula is C15H14N2O2. The van der Waals surface area contributed by atoms with E-state index in [1.807, 2.05) is 42.5 Å². The molecule has 96 valence electrons. The first-order chi connectivity index (χ1) is 9.30. The first kappa shape index (κ1) is 11.9. The van der Waals surface area contributed by atoms with Gasteiger partial charge in [-0.25, -0.2) is 4.98 Å². The lowest BCUT2D eigenvalue weighted by Crippen LogP contribution is -1.95. The van der Waals surface area contributed by atoms with Crippen LogP contribution in [0.15, 0.2) is 46.9 Å². The smallest absolute Gasteiger partial charge is 0.227 e. The Bertz CT molecular complexity index is 702. The minimum atomic E-state index is 0.00330. The van der Waals surface area contributed by atoms with Crippen LogP contribution in [0.3, 0.4) is 0 Å². The van der Waals surface area contributed by atoms with Gasteiger partial charge in [-0.05, 0) is 35.4 Å². The van der Waals surface area contributed by atoms with Crippen molar-refractivity contribution < 1.29 is 9.52 Å². The fraction of sp³-hybridized carbons (Fsp3) is 0.133. The van der Waals surface area contributed by atoms with Gasteiger partial charge in [0, 0.05) is 12.1 Å². The molecule has 0 fully saturated rings. The highest BCUT2D eigenvalue weighted by molar-refractivity contribution is 5.76. The summed E-state index contributed by atoms with van der Waals surface area (Å²) in [7, 11) is 0. The topological polar surface area (TPSA) is 72.3 Å². The monoisotopic (exact) mass is 254 g/mol. The van der Waals surface area contributed by atoms with Crippen molar-refractivity contribution in [3.05, 3.63) is 53.6 Å². The number of nitrogens with two attached hydrogens (primary N) is 1. The average molecular weight is 254 g/mol. The first-order valence-corrected chi connectivity index (χ1v) is 6.10. The molecule has 19 heavy (non-hydrogen) atoms. The number of nitrogens with zero attached hydrogens (tertiary/aromatic N) is 1. The molecule has 0 bridgehead atoms. The molecule has 0 aliphatic heterocycles. The lowest BCUT2D eigenvalue weighted by atomic mass is 10.1. The summed E-state index contributed by atoms with van der Waals surface area (Å²) in [4.78, 5) is 4.44. The highest BCUT2D eigenvalue weighted by Gasteiger charge is 2.08. The minimum absolute atomic E-state index is 0.00330. The fourth-order valence-corrected chi connectivity index (χ4v) is 1.98. The van der Waals surface area contributed by atoms with Crippen molar-refractivity contribution in [2.45, 2.75) is 13.2 Å². The van der Waals surface area contributed by atoms with Gasteiger partial charge < -0.3 is 15.3 Å². The maximum Gasteiger partial charge on any atom is 0.227 e. The summed E-state index contributed by atoms with van der Waals surface area (Å²) in [5.41, 5.74) is 9.85. The Kier molecular flexibility index (Phi) is 3.03. The number of benzene rings is 2. The third-order valence-corrected chi connectivity index (χ3v) is 3.07. The van der Waals surface area contributed by atoms with Crippen LogP contribution in [-0.4, -0.2) is 10.1 Å². The van der Waals surface area contributed by atoms with Crippen molar-refractivity contribution in [3.8, 4) is 11.5 Å². The SMILES string of the molecule is NCc1ccc(-c2nc3cc(CO)ccc3o2)cc1. The van der Waals surface area contributed by atoms with Crippen molar-refractivity contribution in [2.24, 2.45) is 5.73 Å². The van der Waals surface area contributed by atoms with Crippen LogP contribution in [-0.2, 0) is 13.2 Å². The molecule has 0 saturated heterocycles. The predicted octanol–water partition coefficient (Wildman–Crippen LogP) is 2.45. The number of aromatic nitrogens is 1. The zero-order valence-corrected chi connectivity index (χ0v) is 10.3. The van der Waals surface area contributed by atoms with E-state index in [1.165, 1.54) is 0 Å². The van der Waals surface area contributed by atoms with Crippen LogP contribution in [0.5, 0.6) is 0 Å². The zero-order valence-electron chi connectivity index (χ0n) is 10.3. The molecular weight excluding hydrogens is 240 g/mol. The molecule has 0 amide bonds. The van der Waals surface area contributed by atoms with Gasteiger partial charge in [-0.2, -0.15) is 0 Å². The molecule has 0 atom stereocenters. The van der Waals surface area contributed by atoms with Crippen LogP contribution < -0.4 is 5.73 Å². The lowest BCUT2D eigenvalue weighted by molar-refractivity contribution is 0.282. The maximum absolute atomic E-state index is 9.11. The van der Waals surface area contributed by atoms with Gasteiger partial charge in [0.2, 0.25) is 5.89 Å². The predicted molar refractivity (Wildman–Crippen MR) is 73.3 cm³/mol. The fourth-order valence-electron chi connectivity index (χ4n) is 1.98. The van der Waals surface area contributed by atoms with Crippen molar-refractivity contribution in [1.82, 2.24) is 4.98 Å². The van der Waals surface area contributed by atoms with Gasteiger partial charge in [0.05, 0.1) is 6.61 Å². The van der Waals surface area contributed by atoms with E-state index in [-0.39, 0.29) is 6.61 Å². The molecule has 4 nitrogen and oxygen atoms in total. The number of hydrogen-bond acceptors (Lipinski definition) is 4. The highest BCUT2D eigenvalue weighted by atomic mass is 16.3. The number of aliphatic hydroxyl groups is 1. The zero-order chi connectivity index (χ0) is 13.2. The van der Waals surface area contributed by atoms with Crippen molar-refractivity contribution in [3.63, 3.8) is 0 Å². The van der Waals surface area contributed by atoms with E-state index in [9.17, 15) is 0 Å². The molecule has 2 aromatic carbocycles. The Morgan fingerprint density at radius 1 is 1.05 bits per heavy atom. The maximum atomic E-state index is 9.11. The largest absolute Gasteiger partial charge is 0.436 e. The van der Waals surface area contributed by atoms with Crippen LogP contribution in [0.1, 0.15) is 11.1 Å². The number of hydrogen-bond donors (Lipinski definition) is 2. The summed E-state index contributed by atoms with van der Waals surface area (Å²) < 4.78 is 5.70. The van der Waals surface area contributed by atoms with Crippen molar-refractivity contribution >= 4 is 11.1 Å². The van der Waals surface area contributed by atoms with E-state index >= 15 is 0 Å². The van der Waals surface area contributed by atoms with Crippen LogP contribution in [0, 0.1) is 0 Å². The summed E-state index contributed by atoms with van der Waals surface area (Å²) in [6.45, 7) is 0.525. The van der Waals surface area contributed by atoms with E-state index in [4.69, 9.17) is 15.3 Å². The molecule has 0 unspecified atom stereocenters. The van der Waals surface area contributed by atoms with Gasteiger partial charge >= 0.3 is 0 Å². The van der Waals surface area contributed by atoms with Gasteiger partial charge in [-0.1, -0.05) is 18.2 Å². The van der Waals surface area contributed by atoms with Crippen molar-refractivity contribution in [2.75, 3.05) is 0 Å². The number of oxazole rings is 1. The molecule has 4 heteroatoms. The number of aliphatic hydroxyl groups excluding tert-OH is 1. The Morgan fingerprint density at radius 2 is 1.79 bits per heavy atom.